The van der Waals surface area contributed by atoms with E-state index >= 15 is 0 Å². The predicted octanol–water partition coefficient (Wildman–Crippen LogP) is 5.31. The van der Waals surface area contributed by atoms with Crippen LogP contribution < -0.4 is 0 Å². The van der Waals surface area contributed by atoms with Crippen LogP contribution in [-0.4, -0.2) is 16.3 Å². The van der Waals surface area contributed by atoms with Crippen LogP contribution in [0.25, 0.3) is 0 Å². The van der Waals surface area contributed by atoms with E-state index < -0.39 is 0 Å². The molecule has 1 aliphatic carbocycles. The summed E-state index contributed by atoms with van der Waals surface area (Å²) in [5.41, 5.74) is 2.31. The first kappa shape index (κ1) is 17.6. The zero-order valence-corrected chi connectivity index (χ0v) is 15.3. The van der Waals surface area contributed by atoms with Gasteiger partial charge in [0, 0.05) is 5.56 Å². The topological polar surface area (TPSA) is 17.1 Å². The molecular weight excluding hydrogens is 288 g/mol. The fraction of sp³-hybridized carbons (Fsp3) is 0.650. The minimum Gasteiger partial charge on any atom is -0.288 e. The third kappa shape index (κ3) is 4.62. The summed E-state index contributed by atoms with van der Waals surface area (Å²) in [6, 6.07) is 8.51. The molecule has 0 unspecified atom stereocenters. The van der Waals surface area contributed by atoms with E-state index in [9.17, 15) is 4.79 Å². The smallest absolute Gasteiger partial charge is 0.217 e. The number of carbonyl (C=O) groups excluding carboxylic acids is 1. The van der Waals surface area contributed by atoms with E-state index in [0.29, 0.717) is 11.7 Å². The van der Waals surface area contributed by atoms with Crippen LogP contribution in [0.2, 0.25) is 0 Å². The molecule has 0 saturated heterocycles. The number of ketones is 1. The van der Waals surface area contributed by atoms with Crippen LogP contribution in [0.1, 0.15) is 87.6 Å². The minimum atomic E-state index is -0.262. The highest BCUT2D eigenvalue weighted by atomic mass is 32.2. The number of hydrogen-bond acceptors (Lipinski definition) is 1. The number of unbranched alkanes of at least 4 members (excludes halogenated alkanes) is 1. The average molecular weight is 320 g/mol. The lowest BCUT2D eigenvalue weighted by Crippen LogP contribution is -2.34. The number of hydrogen-bond donors (Lipinski definition) is 0. The van der Waals surface area contributed by atoms with Crippen molar-refractivity contribution in [1.82, 2.24) is 0 Å². The van der Waals surface area contributed by atoms with Crippen molar-refractivity contribution < 1.29 is 4.79 Å². The Balaban J connectivity index is 2.00. The molecule has 1 aliphatic rings. The van der Waals surface area contributed by atoms with Crippen LogP contribution in [0, 0.1) is 0 Å². The van der Waals surface area contributed by atoms with Gasteiger partial charge in [-0.2, -0.15) is 0 Å². The van der Waals surface area contributed by atoms with E-state index in [1.165, 1.54) is 62.3 Å². The molecule has 0 heterocycles. The quantitative estimate of drug-likeness (QED) is 0.288. The van der Waals surface area contributed by atoms with Gasteiger partial charge in [0.1, 0.15) is 5.75 Å². The molecule has 2 heteroatoms. The second-order valence-electron chi connectivity index (χ2n) is 7.08. The van der Waals surface area contributed by atoms with Gasteiger partial charge in [0.15, 0.2) is 4.75 Å². The number of Topliss-reactive ketones (excluding diaryl/α,β-unsaturated/α-hetero) is 1. The molecule has 1 fully saturated rings. The SMILES string of the molecule is CCCC[SH+]C(C)(C)C(=O)c1ccc(C2CCCCC2)cc1. The molecule has 0 radical (unpaired) electrons. The van der Waals surface area contributed by atoms with Crippen LogP contribution >= 0.6 is 0 Å². The summed E-state index contributed by atoms with van der Waals surface area (Å²) in [4.78, 5) is 12.7. The van der Waals surface area contributed by atoms with Gasteiger partial charge >= 0.3 is 0 Å². The minimum absolute atomic E-state index is 0.262. The number of carbonyl (C=O) groups is 1. The first-order chi connectivity index (χ1) is 10.5. The summed E-state index contributed by atoms with van der Waals surface area (Å²) in [5, 5.41) is 0. The average Bonchev–Trinajstić information content (AvgIpc) is 2.55. The second kappa shape index (κ2) is 8.19. The van der Waals surface area contributed by atoms with Gasteiger partial charge < -0.3 is 0 Å². The van der Waals surface area contributed by atoms with Gasteiger partial charge in [0.25, 0.3) is 0 Å². The number of benzene rings is 1. The van der Waals surface area contributed by atoms with E-state index in [-0.39, 0.29) is 4.75 Å². The lowest BCUT2D eigenvalue weighted by molar-refractivity contribution is 0.0957. The predicted molar refractivity (Wildman–Crippen MR) is 99.2 cm³/mol. The highest BCUT2D eigenvalue weighted by molar-refractivity contribution is 7.80. The fourth-order valence-electron chi connectivity index (χ4n) is 3.28. The van der Waals surface area contributed by atoms with E-state index in [1.54, 1.807) is 0 Å². The molecule has 1 aromatic carbocycles. The van der Waals surface area contributed by atoms with Gasteiger partial charge in [-0.05, 0) is 56.4 Å². The van der Waals surface area contributed by atoms with Gasteiger partial charge in [-0.1, -0.05) is 56.9 Å². The maximum absolute atomic E-state index is 12.7. The summed E-state index contributed by atoms with van der Waals surface area (Å²) < 4.78 is -0.262. The van der Waals surface area contributed by atoms with E-state index in [4.69, 9.17) is 0 Å². The molecule has 122 valence electrons. The second-order valence-corrected chi connectivity index (χ2v) is 8.96. The van der Waals surface area contributed by atoms with E-state index in [0.717, 1.165) is 11.3 Å². The first-order valence-corrected chi connectivity index (χ1v) is 9.96. The Bertz CT molecular complexity index is 469. The molecule has 1 nitrogen and oxygen atoms in total. The largest absolute Gasteiger partial charge is 0.288 e. The van der Waals surface area contributed by atoms with Crippen LogP contribution in [0.5, 0.6) is 0 Å². The Labute approximate surface area is 140 Å². The van der Waals surface area contributed by atoms with Crippen molar-refractivity contribution in [3.05, 3.63) is 35.4 Å². The molecule has 0 aromatic heterocycles. The number of rotatable bonds is 7. The van der Waals surface area contributed by atoms with Gasteiger partial charge in [-0.25, -0.2) is 0 Å². The Morgan fingerprint density at radius 2 is 1.77 bits per heavy atom. The van der Waals surface area contributed by atoms with Crippen LogP contribution in [0.15, 0.2) is 24.3 Å². The van der Waals surface area contributed by atoms with Crippen molar-refractivity contribution in [2.75, 3.05) is 5.75 Å². The maximum atomic E-state index is 12.7. The summed E-state index contributed by atoms with van der Waals surface area (Å²) in [7, 11) is 0. The van der Waals surface area contributed by atoms with Crippen LogP contribution in [0.4, 0.5) is 0 Å². The van der Waals surface area contributed by atoms with Gasteiger partial charge in [0.2, 0.25) is 5.78 Å². The zero-order valence-electron chi connectivity index (χ0n) is 14.4. The summed E-state index contributed by atoms with van der Waals surface area (Å²) in [6.45, 7) is 6.37. The number of thiol groups is 1. The Kier molecular flexibility index (Phi) is 6.55. The molecule has 0 aliphatic heterocycles. The van der Waals surface area contributed by atoms with Crippen molar-refractivity contribution in [3.8, 4) is 0 Å². The highest BCUT2D eigenvalue weighted by Gasteiger charge is 2.35. The Hall–Kier alpha value is -0.760. The molecule has 0 spiro atoms. The first-order valence-electron chi connectivity index (χ1n) is 8.88. The van der Waals surface area contributed by atoms with Crippen molar-refractivity contribution in [1.29, 1.82) is 0 Å². The molecular formula is C20H31OS+. The molecule has 0 amide bonds. The van der Waals surface area contributed by atoms with E-state index in [1.807, 2.05) is 0 Å². The molecule has 0 N–H and O–H groups in total. The third-order valence-electron chi connectivity index (χ3n) is 4.82. The summed E-state index contributed by atoms with van der Waals surface area (Å²) in [5.74, 6) is 2.13. The van der Waals surface area contributed by atoms with Crippen LogP contribution in [-0.2, 0) is 11.8 Å². The maximum Gasteiger partial charge on any atom is 0.217 e. The van der Waals surface area contributed by atoms with Crippen molar-refractivity contribution in [2.45, 2.75) is 76.4 Å². The fourth-order valence-corrected chi connectivity index (χ4v) is 4.59. The van der Waals surface area contributed by atoms with Gasteiger partial charge in [-0.3, -0.25) is 4.79 Å². The summed E-state index contributed by atoms with van der Waals surface area (Å²) >= 11 is 1.26. The summed E-state index contributed by atoms with van der Waals surface area (Å²) in [6.07, 6.45) is 9.14. The molecule has 2 rings (SSSR count). The monoisotopic (exact) mass is 319 g/mol. The van der Waals surface area contributed by atoms with E-state index in [2.05, 4.69) is 45.0 Å². The normalized spacial score (nSPS) is 16.7. The Morgan fingerprint density at radius 3 is 2.36 bits per heavy atom. The van der Waals surface area contributed by atoms with Crippen LogP contribution in [0.3, 0.4) is 0 Å². The standard InChI is InChI=1S/C20H30OS/c1-4-5-15-22-20(2,3)19(21)18-13-11-17(12-14-18)16-9-7-6-8-10-16/h11-14,16H,4-10,15H2,1-3H3/p+1. The molecule has 1 saturated carbocycles. The molecule has 0 bridgehead atoms. The molecule has 1 aromatic rings. The van der Waals surface area contributed by atoms with Gasteiger partial charge in [-0.15, -0.1) is 0 Å². The Morgan fingerprint density at radius 1 is 1.14 bits per heavy atom. The third-order valence-corrected chi connectivity index (χ3v) is 6.36. The van der Waals surface area contributed by atoms with Crippen molar-refractivity contribution >= 4 is 17.5 Å². The molecule has 0 atom stereocenters. The van der Waals surface area contributed by atoms with Gasteiger partial charge in [0.05, 0.1) is 0 Å². The van der Waals surface area contributed by atoms with Crippen molar-refractivity contribution in [3.63, 3.8) is 0 Å². The zero-order chi connectivity index (χ0) is 16.0. The lowest BCUT2D eigenvalue weighted by Gasteiger charge is -2.22. The molecule has 22 heavy (non-hydrogen) atoms. The highest BCUT2D eigenvalue weighted by Crippen LogP contribution is 2.32. The lowest BCUT2D eigenvalue weighted by atomic mass is 9.83. The van der Waals surface area contributed by atoms with Crippen molar-refractivity contribution in [2.24, 2.45) is 0 Å².